The van der Waals surface area contributed by atoms with E-state index in [0.717, 1.165) is 17.1 Å². The van der Waals surface area contributed by atoms with Crippen LogP contribution in [0.4, 0.5) is 10.5 Å². The van der Waals surface area contributed by atoms with Crippen LogP contribution < -0.4 is 10.6 Å². The van der Waals surface area contributed by atoms with E-state index < -0.39 is 6.10 Å². The monoisotopic (exact) mass is 360 g/mol. The Morgan fingerprint density at radius 2 is 2.00 bits per heavy atom. The van der Waals surface area contributed by atoms with Crippen molar-refractivity contribution in [2.75, 3.05) is 25.1 Å². The number of hydrogen-bond donors (Lipinski definition) is 3. The molecule has 1 aromatic carbocycles. The number of nitrogens with one attached hydrogen (secondary N) is 2. The highest BCUT2D eigenvalue weighted by molar-refractivity contribution is 5.91. The van der Waals surface area contributed by atoms with Gasteiger partial charge in [0.1, 0.15) is 0 Å². The SMILES string of the molecule is Cc1cc(C)n(-c2ccccc2NC(=O)NCC(O)COCC(C)C)n1. The van der Waals surface area contributed by atoms with E-state index in [1.165, 1.54) is 0 Å². The summed E-state index contributed by atoms with van der Waals surface area (Å²) in [5.74, 6) is 0.407. The van der Waals surface area contributed by atoms with Gasteiger partial charge in [-0.1, -0.05) is 26.0 Å². The predicted molar refractivity (Wildman–Crippen MR) is 102 cm³/mol. The number of carbonyl (C=O) groups is 1. The minimum Gasteiger partial charge on any atom is -0.389 e. The van der Waals surface area contributed by atoms with Gasteiger partial charge in [-0.25, -0.2) is 9.48 Å². The van der Waals surface area contributed by atoms with Crippen LogP contribution in [0.5, 0.6) is 0 Å². The number of ether oxygens (including phenoxy) is 1. The van der Waals surface area contributed by atoms with E-state index in [2.05, 4.69) is 15.7 Å². The summed E-state index contributed by atoms with van der Waals surface area (Å²) < 4.78 is 7.16. The number of aromatic nitrogens is 2. The van der Waals surface area contributed by atoms with Crippen LogP contribution >= 0.6 is 0 Å². The summed E-state index contributed by atoms with van der Waals surface area (Å²) in [5, 5.41) is 19.8. The smallest absolute Gasteiger partial charge is 0.319 e. The topological polar surface area (TPSA) is 88.4 Å². The number of benzene rings is 1. The number of para-hydroxylation sites is 2. The molecule has 1 unspecified atom stereocenters. The van der Waals surface area contributed by atoms with Crippen LogP contribution in [0.15, 0.2) is 30.3 Å². The second kappa shape index (κ2) is 9.35. The molecule has 2 rings (SSSR count). The first-order chi connectivity index (χ1) is 12.4. The van der Waals surface area contributed by atoms with Crippen molar-refractivity contribution >= 4 is 11.7 Å². The number of rotatable bonds is 8. The molecule has 0 bridgehead atoms. The Morgan fingerprint density at radius 3 is 2.65 bits per heavy atom. The molecule has 0 spiro atoms. The van der Waals surface area contributed by atoms with Crippen LogP contribution in [-0.4, -0.2) is 46.8 Å². The lowest BCUT2D eigenvalue weighted by molar-refractivity contribution is 0.0274. The molecule has 2 amide bonds. The van der Waals surface area contributed by atoms with Gasteiger partial charge in [0, 0.05) is 18.8 Å². The van der Waals surface area contributed by atoms with Crippen LogP contribution in [0.1, 0.15) is 25.2 Å². The van der Waals surface area contributed by atoms with Crippen LogP contribution in [-0.2, 0) is 4.74 Å². The summed E-state index contributed by atoms with van der Waals surface area (Å²) in [6.45, 7) is 8.86. The molecule has 0 saturated heterocycles. The molecule has 0 aliphatic heterocycles. The zero-order valence-electron chi connectivity index (χ0n) is 15.8. The molecule has 3 N–H and O–H groups in total. The van der Waals surface area contributed by atoms with Crippen LogP contribution in [0, 0.1) is 19.8 Å². The number of nitrogens with zero attached hydrogens (tertiary/aromatic N) is 2. The normalized spacial score (nSPS) is 12.2. The summed E-state index contributed by atoms with van der Waals surface area (Å²) in [6.07, 6.45) is -0.745. The fourth-order valence-electron chi connectivity index (χ4n) is 2.51. The van der Waals surface area contributed by atoms with E-state index in [4.69, 9.17) is 4.74 Å². The highest BCUT2D eigenvalue weighted by Gasteiger charge is 2.12. The Kier molecular flexibility index (Phi) is 7.17. The molecule has 1 atom stereocenters. The molecule has 0 aliphatic rings. The number of aryl methyl sites for hydroxylation is 2. The van der Waals surface area contributed by atoms with Gasteiger partial charge in [-0.05, 0) is 38.0 Å². The fourth-order valence-corrected chi connectivity index (χ4v) is 2.51. The number of aliphatic hydroxyl groups is 1. The van der Waals surface area contributed by atoms with E-state index in [0.29, 0.717) is 18.2 Å². The van der Waals surface area contributed by atoms with Gasteiger partial charge in [-0.3, -0.25) is 0 Å². The number of aliphatic hydroxyl groups excluding tert-OH is 1. The van der Waals surface area contributed by atoms with Crippen molar-refractivity contribution in [3.8, 4) is 5.69 Å². The molecule has 0 fully saturated rings. The molecule has 7 nitrogen and oxygen atoms in total. The molecule has 0 aliphatic carbocycles. The first kappa shape index (κ1) is 19.9. The van der Waals surface area contributed by atoms with Crippen molar-refractivity contribution in [1.29, 1.82) is 0 Å². The fraction of sp³-hybridized carbons (Fsp3) is 0.474. The maximum atomic E-state index is 12.2. The summed E-state index contributed by atoms with van der Waals surface area (Å²) in [4.78, 5) is 12.2. The molecule has 1 aromatic heterocycles. The number of urea groups is 1. The molecule has 2 aromatic rings. The number of carbonyl (C=O) groups excluding carboxylic acids is 1. The van der Waals surface area contributed by atoms with E-state index >= 15 is 0 Å². The van der Waals surface area contributed by atoms with Gasteiger partial charge in [-0.15, -0.1) is 0 Å². The Labute approximate surface area is 154 Å². The first-order valence-corrected chi connectivity index (χ1v) is 8.80. The van der Waals surface area contributed by atoms with E-state index in [9.17, 15) is 9.90 Å². The van der Waals surface area contributed by atoms with Gasteiger partial charge in [0.05, 0.1) is 29.8 Å². The number of anilines is 1. The average molecular weight is 360 g/mol. The molecule has 1 heterocycles. The summed E-state index contributed by atoms with van der Waals surface area (Å²) in [6, 6.07) is 9.04. The lowest BCUT2D eigenvalue weighted by Gasteiger charge is -2.15. The third-order valence-electron chi connectivity index (χ3n) is 3.65. The van der Waals surface area contributed by atoms with Gasteiger partial charge in [0.2, 0.25) is 0 Å². The number of hydrogen-bond acceptors (Lipinski definition) is 4. The number of amides is 2. The maximum absolute atomic E-state index is 12.2. The summed E-state index contributed by atoms with van der Waals surface area (Å²) in [7, 11) is 0. The molecular weight excluding hydrogens is 332 g/mol. The van der Waals surface area contributed by atoms with Gasteiger partial charge < -0.3 is 20.5 Å². The zero-order valence-corrected chi connectivity index (χ0v) is 15.8. The largest absolute Gasteiger partial charge is 0.389 e. The minimum atomic E-state index is -0.745. The van der Waals surface area contributed by atoms with E-state index in [1.54, 1.807) is 4.68 Å². The van der Waals surface area contributed by atoms with Crippen molar-refractivity contribution in [3.63, 3.8) is 0 Å². The second-order valence-corrected chi connectivity index (χ2v) is 6.78. The third kappa shape index (κ3) is 5.86. The molecule has 26 heavy (non-hydrogen) atoms. The van der Waals surface area contributed by atoms with Gasteiger partial charge in [0.25, 0.3) is 0 Å². The van der Waals surface area contributed by atoms with Crippen molar-refractivity contribution < 1.29 is 14.6 Å². The highest BCUT2D eigenvalue weighted by Crippen LogP contribution is 2.21. The molecule has 7 heteroatoms. The summed E-state index contributed by atoms with van der Waals surface area (Å²) >= 11 is 0. The maximum Gasteiger partial charge on any atom is 0.319 e. The standard InChI is InChI=1S/C19H28N4O3/c1-13(2)11-26-12-16(24)10-20-19(25)21-17-7-5-6-8-18(17)23-15(4)9-14(3)22-23/h5-9,13,16,24H,10-12H2,1-4H3,(H2,20,21,25). The van der Waals surface area contributed by atoms with E-state index in [-0.39, 0.29) is 19.2 Å². The molecule has 0 saturated carbocycles. The molecule has 0 radical (unpaired) electrons. The first-order valence-electron chi connectivity index (χ1n) is 8.80. The van der Waals surface area contributed by atoms with Gasteiger partial charge in [-0.2, -0.15) is 5.10 Å². The van der Waals surface area contributed by atoms with Crippen molar-refractivity contribution in [2.24, 2.45) is 5.92 Å². The zero-order chi connectivity index (χ0) is 19.1. The van der Waals surface area contributed by atoms with Crippen LogP contribution in [0.25, 0.3) is 5.69 Å². The lowest BCUT2D eigenvalue weighted by Crippen LogP contribution is -2.37. The molecular formula is C19H28N4O3. The summed E-state index contributed by atoms with van der Waals surface area (Å²) in [5.41, 5.74) is 3.32. The van der Waals surface area contributed by atoms with Gasteiger partial charge in [0.15, 0.2) is 0 Å². The lowest BCUT2D eigenvalue weighted by atomic mass is 10.2. The van der Waals surface area contributed by atoms with Crippen molar-refractivity contribution in [2.45, 2.75) is 33.8 Å². The Balaban J connectivity index is 1.92. The van der Waals surface area contributed by atoms with E-state index in [1.807, 2.05) is 58.0 Å². The average Bonchev–Trinajstić information content (AvgIpc) is 2.91. The van der Waals surface area contributed by atoms with Crippen LogP contribution in [0.2, 0.25) is 0 Å². The van der Waals surface area contributed by atoms with Gasteiger partial charge >= 0.3 is 6.03 Å². The van der Waals surface area contributed by atoms with Crippen molar-refractivity contribution in [3.05, 3.63) is 41.7 Å². The Hall–Kier alpha value is -2.38. The van der Waals surface area contributed by atoms with Crippen LogP contribution in [0.3, 0.4) is 0 Å². The second-order valence-electron chi connectivity index (χ2n) is 6.78. The Morgan fingerprint density at radius 1 is 1.27 bits per heavy atom. The molecule has 142 valence electrons. The predicted octanol–water partition coefficient (Wildman–Crippen LogP) is 2.64. The quantitative estimate of drug-likeness (QED) is 0.675. The third-order valence-corrected chi connectivity index (χ3v) is 3.65. The minimum absolute atomic E-state index is 0.117. The Bertz CT molecular complexity index is 727. The van der Waals surface area contributed by atoms with Crippen molar-refractivity contribution in [1.82, 2.24) is 15.1 Å². The highest BCUT2D eigenvalue weighted by atomic mass is 16.5.